The molecule has 0 unspecified atom stereocenters. The fourth-order valence-electron chi connectivity index (χ4n) is 2.61. The van der Waals surface area contributed by atoms with Gasteiger partial charge >= 0.3 is 0 Å². The zero-order valence-corrected chi connectivity index (χ0v) is 12.7. The van der Waals surface area contributed by atoms with Gasteiger partial charge < -0.3 is 5.11 Å². The first kappa shape index (κ1) is 14.8. The van der Waals surface area contributed by atoms with E-state index >= 15 is 0 Å². The van der Waals surface area contributed by atoms with E-state index in [-0.39, 0.29) is 21.2 Å². The van der Waals surface area contributed by atoms with E-state index < -0.39 is 45.3 Å². The van der Waals surface area contributed by atoms with Gasteiger partial charge in [-0.25, -0.2) is 8.42 Å². The van der Waals surface area contributed by atoms with Crippen LogP contribution in [0.2, 0.25) is 10.0 Å². The third-order valence-electron chi connectivity index (χ3n) is 3.58. The highest BCUT2D eigenvalue weighted by molar-refractivity contribution is 7.91. The molecule has 0 bridgehead atoms. The van der Waals surface area contributed by atoms with Crippen LogP contribution in [0, 0.1) is 0 Å². The summed E-state index contributed by atoms with van der Waals surface area (Å²) >= 11 is 11.7. The first-order chi connectivity index (χ1) is 9.71. The lowest BCUT2D eigenvalue weighted by Crippen LogP contribution is -2.46. The molecule has 2 aliphatic rings. The second-order valence-corrected chi connectivity index (χ2v) is 7.97. The lowest BCUT2D eigenvalue weighted by atomic mass is 10.1. The number of aliphatic hydroxyl groups excluding tert-OH is 1. The van der Waals surface area contributed by atoms with Gasteiger partial charge in [-0.3, -0.25) is 14.5 Å². The van der Waals surface area contributed by atoms with Gasteiger partial charge in [0.25, 0.3) is 11.8 Å². The molecule has 1 aromatic carbocycles. The number of hydrogen-bond acceptors (Lipinski definition) is 5. The second kappa shape index (κ2) is 4.67. The summed E-state index contributed by atoms with van der Waals surface area (Å²) in [5.41, 5.74) is 0.122. The van der Waals surface area contributed by atoms with E-state index in [0.717, 1.165) is 4.90 Å². The number of carbonyl (C=O) groups excluding carboxylic acids is 2. The third-order valence-corrected chi connectivity index (χ3v) is 6.00. The molecule has 2 aliphatic heterocycles. The third kappa shape index (κ3) is 2.24. The zero-order valence-electron chi connectivity index (χ0n) is 10.4. The molecule has 0 aromatic heterocycles. The average molecular weight is 350 g/mol. The predicted octanol–water partition coefficient (Wildman–Crippen LogP) is 0.747. The van der Waals surface area contributed by atoms with Crippen molar-refractivity contribution in [3.8, 4) is 0 Å². The Morgan fingerprint density at radius 1 is 1.05 bits per heavy atom. The number of benzene rings is 1. The highest BCUT2D eigenvalue weighted by Crippen LogP contribution is 2.34. The molecule has 3 rings (SSSR count). The van der Waals surface area contributed by atoms with Crippen LogP contribution in [-0.4, -0.2) is 53.9 Å². The number of fused-ring (bicyclic) bond motifs is 1. The Labute approximate surface area is 130 Å². The van der Waals surface area contributed by atoms with Crippen molar-refractivity contribution in [1.29, 1.82) is 0 Å². The first-order valence-electron chi connectivity index (χ1n) is 5.97. The average Bonchev–Trinajstić information content (AvgIpc) is 2.76. The number of hydrogen-bond donors (Lipinski definition) is 1. The largest absolute Gasteiger partial charge is 0.390 e. The molecule has 0 aliphatic carbocycles. The fraction of sp³-hybridized carbons (Fsp3) is 0.333. The topological polar surface area (TPSA) is 91.8 Å². The van der Waals surface area contributed by atoms with Gasteiger partial charge in [0.1, 0.15) is 0 Å². The minimum atomic E-state index is -3.48. The van der Waals surface area contributed by atoms with Crippen molar-refractivity contribution in [2.24, 2.45) is 0 Å². The van der Waals surface area contributed by atoms with E-state index in [2.05, 4.69) is 0 Å². The summed E-state index contributed by atoms with van der Waals surface area (Å²) in [4.78, 5) is 25.4. The number of carbonyl (C=O) groups is 2. The van der Waals surface area contributed by atoms with Crippen LogP contribution in [0.1, 0.15) is 20.7 Å². The molecule has 21 heavy (non-hydrogen) atoms. The van der Waals surface area contributed by atoms with Crippen LogP contribution in [0.3, 0.4) is 0 Å². The summed E-state index contributed by atoms with van der Waals surface area (Å²) in [5, 5.41) is 10.1. The molecule has 2 atom stereocenters. The van der Waals surface area contributed by atoms with Crippen LogP contribution in [0.25, 0.3) is 0 Å². The minimum absolute atomic E-state index is 0.0610. The van der Waals surface area contributed by atoms with Crippen molar-refractivity contribution in [3.05, 3.63) is 33.3 Å². The smallest absolute Gasteiger partial charge is 0.261 e. The molecule has 9 heteroatoms. The molecular weight excluding hydrogens is 341 g/mol. The number of amides is 2. The molecule has 112 valence electrons. The Hall–Kier alpha value is -1.15. The van der Waals surface area contributed by atoms with Gasteiger partial charge in [0, 0.05) is 0 Å². The predicted molar refractivity (Wildman–Crippen MR) is 75.4 cm³/mol. The quantitative estimate of drug-likeness (QED) is 0.755. The number of nitrogens with zero attached hydrogens (tertiary/aromatic N) is 1. The summed E-state index contributed by atoms with van der Waals surface area (Å²) in [6, 6.07) is 1.46. The molecule has 1 aromatic rings. The summed E-state index contributed by atoms with van der Waals surface area (Å²) in [5.74, 6) is -2.25. The van der Waals surface area contributed by atoms with Gasteiger partial charge in [0.2, 0.25) is 0 Å². The Morgan fingerprint density at radius 2 is 1.52 bits per heavy atom. The molecule has 1 saturated heterocycles. The molecule has 2 amide bonds. The van der Waals surface area contributed by atoms with Crippen molar-refractivity contribution in [2.45, 2.75) is 12.1 Å². The highest BCUT2D eigenvalue weighted by atomic mass is 35.5. The number of imide groups is 1. The van der Waals surface area contributed by atoms with Gasteiger partial charge in [-0.1, -0.05) is 23.2 Å². The maximum atomic E-state index is 12.3. The number of aliphatic hydroxyl groups is 1. The van der Waals surface area contributed by atoms with Crippen molar-refractivity contribution >= 4 is 44.9 Å². The monoisotopic (exact) mass is 349 g/mol. The minimum Gasteiger partial charge on any atom is -0.390 e. The van der Waals surface area contributed by atoms with Crippen molar-refractivity contribution in [1.82, 2.24) is 4.90 Å². The van der Waals surface area contributed by atoms with Gasteiger partial charge in [-0.05, 0) is 12.1 Å². The zero-order chi connectivity index (χ0) is 15.5. The van der Waals surface area contributed by atoms with Gasteiger partial charge in [0.15, 0.2) is 9.84 Å². The van der Waals surface area contributed by atoms with E-state index in [1.54, 1.807) is 0 Å². The molecular formula is C12H9Cl2NO5S. The summed E-state index contributed by atoms with van der Waals surface area (Å²) in [7, 11) is -3.48. The number of rotatable bonds is 1. The molecule has 1 N–H and O–H groups in total. The lowest BCUT2D eigenvalue weighted by molar-refractivity contribution is 0.0451. The van der Waals surface area contributed by atoms with E-state index in [1.807, 2.05) is 0 Å². The molecule has 6 nitrogen and oxygen atoms in total. The Balaban J connectivity index is 2.05. The fourth-order valence-corrected chi connectivity index (χ4v) is 4.71. The van der Waals surface area contributed by atoms with Crippen LogP contribution >= 0.6 is 23.2 Å². The highest BCUT2D eigenvalue weighted by Gasteiger charge is 2.48. The molecule has 1 fully saturated rings. The van der Waals surface area contributed by atoms with Crippen molar-refractivity contribution < 1.29 is 23.1 Å². The van der Waals surface area contributed by atoms with Crippen LogP contribution in [0.5, 0.6) is 0 Å². The van der Waals surface area contributed by atoms with Crippen LogP contribution in [0.4, 0.5) is 0 Å². The van der Waals surface area contributed by atoms with Crippen molar-refractivity contribution in [2.75, 3.05) is 11.5 Å². The molecule has 0 spiro atoms. The molecule has 0 radical (unpaired) electrons. The second-order valence-electron chi connectivity index (χ2n) is 5.00. The summed E-state index contributed by atoms with van der Waals surface area (Å²) in [6.07, 6.45) is -1.29. The number of halogens is 2. The van der Waals surface area contributed by atoms with Crippen LogP contribution in [-0.2, 0) is 9.84 Å². The standard InChI is InChI=1S/C12H9Cl2NO5S/c13-7-1-5-6(2-8(7)14)12(18)15(11(5)17)9-3-21(19,20)4-10(9)16/h1-2,9-10,16H,3-4H2/t9-,10+/m1/s1. The first-order valence-corrected chi connectivity index (χ1v) is 8.54. The van der Waals surface area contributed by atoms with Crippen LogP contribution < -0.4 is 0 Å². The van der Waals surface area contributed by atoms with E-state index in [9.17, 15) is 23.1 Å². The molecule has 2 heterocycles. The molecule has 0 saturated carbocycles. The number of sulfone groups is 1. The van der Waals surface area contributed by atoms with E-state index in [4.69, 9.17) is 23.2 Å². The van der Waals surface area contributed by atoms with Crippen LogP contribution in [0.15, 0.2) is 12.1 Å². The Morgan fingerprint density at radius 3 is 1.90 bits per heavy atom. The Kier molecular flexibility index (Phi) is 3.29. The van der Waals surface area contributed by atoms with Gasteiger partial charge in [-0.2, -0.15) is 0 Å². The summed E-state index contributed by atoms with van der Waals surface area (Å²) < 4.78 is 23.1. The van der Waals surface area contributed by atoms with E-state index in [0.29, 0.717) is 0 Å². The Bertz CT molecular complexity index is 735. The SMILES string of the molecule is O=C1c2cc(Cl)c(Cl)cc2C(=O)N1[C@@H]1CS(=O)(=O)C[C@@H]1O. The van der Waals surface area contributed by atoms with Crippen molar-refractivity contribution in [3.63, 3.8) is 0 Å². The maximum Gasteiger partial charge on any atom is 0.261 e. The van der Waals surface area contributed by atoms with Gasteiger partial charge in [0.05, 0.1) is 44.8 Å². The summed E-state index contributed by atoms with van der Waals surface area (Å²) in [6.45, 7) is 0. The lowest BCUT2D eigenvalue weighted by Gasteiger charge is -2.23. The van der Waals surface area contributed by atoms with Gasteiger partial charge in [-0.15, -0.1) is 0 Å². The normalized spacial score (nSPS) is 27.3. The van der Waals surface area contributed by atoms with E-state index in [1.165, 1.54) is 12.1 Å². The maximum absolute atomic E-state index is 12.3.